The number of nitrogens with one attached hydrogen (secondary N) is 1. The Hall–Kier alpha value is -2.27. The van der Waals surface area contributed by atoms with Gasteiger partial charge in [-0.05, 0) is 41.5 Å². The van der Waals surface area contributed by atoms with E-state index in [1.165, 1.54) is 11.8 Å². The molecular formula is C20H22N2O2S. The van der Waals surface area contributed by atoms with Crippen molar-refractivity contribution in [2.24, 2.45) is 0 Å². The summed E-state index contributed by atoms with van der Waals surface area (Å²) in [6.07, 6.45) is 2.82. The Morgan fingerprint density at radius 1 is 1.16 bits per heavy atom. The highest BCUT2D eigenvalue weighted by atomic mass is 32.2. The molecule has 2 amide bonds. The lowest BCUT2D eigenvalue weighted by Crippen LogP contribution is -2.46. The number of amides is 2. The average molecular weight is 354 g/mol. The summed E-state index contributed by atoms with van der Waals surface area (Å²) in [5.74, 6) is -0.199. The number of hydrogen-bond donors (Lipinski definition) is 1. The molecule has 0 spiro atoms. The van der Waals surface area contributed by atoms with E-state index in [2.05, 4.69) is 5.32 Å². The Bertz CT molecular complexity index is 774. The molecule has 2 aromatic carbocycles. The predicted octanol–water partition coefficient (Wildman–Crippen LogP) is 3.17. The minimum Gasteiger partial charge on any atom is -0.350 e. The maximum Gasteiger partial charge on any atom is 0.247 e. The monoisotopic (exact) mass is 354 g/mol. The summed E-state index contributed by atoms with van der Waals surface area (Å²) >= 11 is 1.69. The quantitative estimate of drug-likeness (QED) is 0.858. The van der Waals surface area contributed by atoms with Gasteiger partial charge in [-0.1, -0.05) is 36.4 Å². The van der Waals surface area contributed by atoms with Crippen molar-refractivity contribution in [3.8, 4) is 0 Å². The summed E-state index contributed by atoms with van der Waals surface area (Å²) in [7, 11) is 0. The Kier molecular flexibility index (Phi) is 5.43. The molecule has 1 atom stereocenters. The van der Waals surface area contributed by atoms with Gasteiger partial charge in [-0.2, -0.15) is 0 Å². The molecular weight excluding hydrogens is 332 g/mol. The van der Waals surface area contributed by atoms with Crippen LogP contribution in [0.15, 0.2) is 53.4 Å². The Morgan fingerprint density at radius 2 is 1.88 bits per heavy atom. The van der Waals surface area contributed by atoms with Crippen LogP contribution in [-0.4, -0.2) is 29.5 Å². The van der Waals surface area contributed by atoms with E-state index in [1.54, 1.807) is 16.7 Å². The molecule has 1 heterocycles. The van der Waals surface area contributed by atoms with Crippen LogP contribution in [0.1, 0.15) is 29.7 Å². The van der Waals surface area contributed by atoms with Crippen LogP contribution in [0.25, 0.3) is 0 Å². The van der Waals surface area contributed by atoms with Crippen molar-refractivity contribution in [3.05, 3.63) is 65.2 Å². The normalized spacial score (nSPS) is 16.2. The summed E-state index contributed by atoms with van der Waals surface area (Å²) in [6.45, 7) is 2.56. The van der Waals surface area contributed by atoms with Gasteiger partial charge in [0.1, 0.15) is 6.04 Å². The topological polar surface area (TPSA) is 49.4 Å². The van der Waals surface area contributed by atoms with Crippen LogP contribution in [0.3, 0.4) is 0 Å². The summed E-state index contributed by atoms with van der Waals surface area (Å²) < 4.78 is 0. The van der Waals surface area contributed by atoms with Gasteiger partial charge in [0.25, 0.3) is 0 Å². The van der Waals surface area contributed by atoms with Crippen molar-refractivity contribution in [1.82, 2.24) is 10.2 Å². The van der Waals surface area contributed by atoms with Crippen LogP contribution in [0.4, 0.5) is 0 Å². The molecule has 0 aliphatic carbocycles. The molecule has 1 N–H and O–H groups in total. The Balaban J connectivity index is 1.77. The smallest absolute Gasteiger partial charge is 0.247 e. The van der Waals surface area contributed by atoms with Gasteiger partial charge in [0, 0.05) is 24.9 Å². The second-order valence-electron chi connectivity index (χ2n) is 6.13. The van der Waals surface area contributed by atoms with Gasteiger partial charge in [0.2, 0.25) is 11.8 Å². The third kappa shape index (κ3) is 3.87. The first-order chi connectivity index (χ1) is 12.1. The third-order valence-electron chi connectivity index (χ3n) is 4.56. The molecule has 5 heteroatoms. The summed E-state index contributed by atoms with van der Waals surface area (Å²) in [4.78, 5) is 27.7. The van der Waals surface area contributed by atoms with Gasteiger partial charge in [0.15, 0.2) is 0 Å². The van der Waals surface area contributed by atoms with Crippen molar-refractivity contribution in [3.63, 3.8) is 0 Å². The van der Waals surface area contributed by atoms with Crippen LogP contribution in [0.2, 0.25) is 0 Å². The van der Waals surface area contributed by atoms with Crippen LogP contribution in [-0.2, 0) is 22.6 Å². The highest BCUT2D eigenvalue weighted by Crippen LogP contribution is 2.30. The van der Waals surface area contributed by atoms with Gasteiger partial charge in [-0.3, -0.25) is 9.59 Å². The minimum absolute atomic E-state index is 0.0704. The molecule has 4 nitrogen and oxygen atoms in total. The number of hydrogen-bond acceptors (Lipinski definition) is 3. The second kappa shape index (κ2) is 7.74. The van der Waals surface area contributed by atoms with E-state index >= 15 is 0 Å². The molecule has 3 rings (SSSR count). The van der Waals surface area contributed by atoms with E-state index in [4.69, 9.17) is 0 Å². The Labute approximate surface area is 152 Å². The summed E-state index contributed by atoms with van der Waals surface area (Å²) in [5, 5.41) is 2.99. The fraction of sp³-hybridized carbons (Fsp3) is 0.300. The van der Waals surface area contributed by atoms with Crippen molar-refractivity contribution in [2.45, 2.75) is 30.8 Å². The lowest BCUT2D eigenvalue weighted by Gasteiger charge is -2.35. The molecule has 0 radical (unpaired) electrons. The van der Waals surface area contributed by atoms with Gasteiger partial charge < -0.3 is 10.2 Å². The number of carbonyl (C=O) groups is 2. The van der Waals surface area contributed by atoms with E-state index in [0.717, 1.165) is 23.1 Å². The van der Waals surface area contributed by atoms with Gasteiger partial charge in [0.05, 0.1) is 0 Å². The Morgan fingerprint density at radius 3 is 2.56 bits per heavy atom. The fourth-order valence-electron chi connectivity index (χ4n) is 3.22. The predicted molar refractivity (Wildman–Crippen MR) is 100 cm³/mol. The minimum atomic E-state index is -0.548. The van der Waals surface area contributed by atoms with Gasteiger partial charge in [-0.25, -0.2) is 0 Å². The molecule has 1 unspecified atom stereocenters. The standard InChI is InChI=1S/C20H22N2O2S/c1-14(23)22-12-11-16-5-3-4-6-18(16)19(22)20(24)21-13-15-7-9-17(25-2)10-8-15/h3-10,19H,11-13H2,1-2H3,(H,21,24). The molecule has 2 aromatic rings. The molecule has 1 aliphatic rings. The zero-order valence-corrected chi connectivity index (χ0v) is 15.3. The number of fused-ring (bicyclic) bond motifs is 1. The first kappa shape index (κ1) is 17.5. The molecule has 25 heavy (non-hydrogen) atoms. The lowest BCUT2D eigenvalue weighted by atomic mass is 9.92. The largest absolute Gasteiger partial charge is 0.350 e. The number of nitrogens with zero attached hydrogens (tertiary/aromatic N) is 1. The first-order valence-corrected chi connectivity index (χ1v) is 9.58. The molecule has 0 saturated heterocycles. The molecule has 0 aromatic heterocycles. The van der Waals surface area contributed by atoms with E-state index in [9.17, 15) is 9.59 Å². The van der Waals surface area contributed by atoms with E-state index in [1.807, 2.05) is 54.8 Å². The van der Waals surface area contributed by atoms with Gasteiger partial charge >= 0.3 is 0 Å². The summed E-state index contributed by atoms with van der Waals surface area (Å²) in [6, 6.07) is 15.5. The maximum absolute atomic E-state index is 12.9. The van der Waals surface area contributed by atoms with Gasteiger partial charge in [-0.15, -0.1) is 11.8 Å². The number of carbonyl (C=O) groups excluding carboxylic acids is 2. The maximum atomic E-state index is 12.9. The first-order valence-electron chi connectivity index (χ1n) is 8.36. The van der Waals surface area contributed by atoms with Crippen LogP contribution < -0.4 is 5.32 Å². The lowest BCUT2D eigenvalue weighted by molar-refractivity contribution is -0.139. The molecule has 1 aliphatic heterocycles. The zero-order valence-electron chi connectivity index (χ0n) is 14.5. The molecule has 0 saturated carbocycles. The number of benzene rings is 2. The SMILES string of the molecule is CSc1ccc(CNC(=O)C2c3ccccc3CCN2C(C)=O)cc1. The van der Waals surface area contributed by atoms with Crippen molar-refractivity contribution in [2.75, 3.05) is 12.8 Å². The summed E-state index contributed by atoms with van der Waals surface area (Å²) in [5.41, 5.74) is 3.12. The van der Waals surface area contributed by atoms with E-state index in [-0.39, 0.29) is 11.8 Å². The van der Waals surface area contributed by atoms with Crippen molar-refractivity contribution in [1.29, 1.82) is 0 Å². The van der Waals surface area contributed by atoms with Crippen LogP contribution in [0, 0.1) is 0 Å². The van der Waals surface area contributed by atoms with Crippen LogP contribution >= 0.6 is 11.8 Å². The molecule has 0 fully saturated rings. The average Bonchev–Trinajstić information content (AvgIpc) is 2.65. The van der Waals surface area contributed by atoms with E-state index < -0.39 is 6.04 Å². The molecule has 130 valence electrons. The highest BCUT2D eigenvalue weighted by Gasteiger charge is 2.34. The fourth-order valence-corrected chi connectivity index (χ4v) is 3.63. The second-order valence-corrected chi connectivity index (χ2v) is 7.01. The van der Waals surface area contributed by atoms with Crippen molar-refractivity contribution >= 4 is 23.6 Å². The highest BCUT2D eigenvalue weighted by molar-refractivity contribution is 7.98. The van der Waals surface area contributed by atoms with E-state index in [0.29, 0.717) is 13.1 Å². The van der Waals surface area contributed by atoms with Crippen molar-refractivity contribution < 1.29 is 9.59 Å². The third-order valence-corrected chi connectivity index (χ3v) is 5.31. The number of rotatable bonds is 4. The van der Waals surface area contributed by atoms with Crippen LogP contribution in [0.5, 0.6) is 0 Å². The number of thioether (sulfide) groups is 1. The molecule has 0 bridgehead atoms. The zero-order chi connectivity index (χ0) is 17.8.